The molecular formula is C16H26N2O. The van der Waals surface area contributed by atoms with Crippen LogP contribution in [-0.2, 0) is 0 Å². The Morgan fingerprint density at radius 2 is 2.00 bits per heavy atom. The van der Waals surface area contributed by atoms with E-state index in [4.69, 9.17) is 10.5 Å². The van der Waals surface area contributed by atoms with E-state index in [2.05, 4.69) is 17.4 Å². The van der Waals surface area contributed by atoms with Gasteiger partial charge in [-0.3, -0.25) is 0 Å². The summed E-state index contributed by atoms with van der Waals surface area (Å²) in [5.41, 5.74) is 7.49. The molecule has 3 heteroatoms. The molecule has 0 bridgehead atoms. The van der Waals surface area contributed by atoms with Crippen molar-refractivity contribution in [2.75, 3.05) is 6.54 Å². The molecule has 1 aromatic rings. The van der Waals surface area contributed by atoms with Crippen LogP contribution in [0.4, 0.5) is 0 Å². The number of nitrogens with one attached hydrogen (secondary N) is 1. The lowest BCUT2D eigenvalue weighted by Gasteiger charge is -2.26. The fourth-order valence-electron chi connectivity index (χ4n) is 2.63. The van der Waals surface area contributed by atoms with Gasteiger partial charge in [0.15, 0.2) is 0 Å². The summed E-state index contributed by atoms with van der Waals surface area (Å²) in [5.74, 6) is 0.918. The molecule has 0 saturated carbocycles. The van der Waals surface area contributed by atoms with E-state index in [1.54, 1.807) is 0 Å². The summed E-state index contributed by atoms with van der Waals surface area (Å²) in [6.07, 6.45) is 5.11. The Morgan fingerprint density at radius 1 is 1.26 bits per heavy atom. The van der Waals surface area contributed by atoms with Crippen LogP contribution in [0.1, 0.15) is 51.1 Å². The molecule has 0 aromatic heterocycles. The van der Waals surface area contributed by atoms with Crippen LogP contribution in [-0.4, -0.2) is 18.7 Å². The molecule has 106 valence electrons. The summed E-state index contributed by atoms with van der Waals surface area (Å²) >= 11 is 0. The Hall–Kier alpha value is -1.06. The van der Waals surface area contributed by atoms with E-state index in [1.165, 1.54) is 24.8 Å². The number of nitrogens with two attached hydrogens (primary N) is 1. The highest BCUT2D eigenvalue weighted by atomic mass is 16.5. The molecular weight excluding hydrogens is 236 g/mol. The maximum Gasteiger partial charge on any atom is 0.119 e. The molecule has 2 atom stereocenters. The van der Waals surface area contributed by atoms with Gasteiger partial charge >= 0.3 is 0 Å². The Bertz CT molecular complexity index is 369. The highest BCUT2D eigenvalue weighted by Crippen LogP contribution is 2.22. The summed E-state index contributed by atoms with van der Waals surface area (Å²) in [5, 5.41) is 3.55. The first-order valence-electron chi connectivity index (χ1n) is 7.40. The van der Waals surface area contributed by atoms with Crippen molar-refractivity contribution in [2.24, 2.45) is 5.73 Å². The Kier molecular flexibility index (Phi) is 5.23. The number of ether oxygens (including phenoxy) is 1. The monoisotopic (exact) mass is 262 g/mol. The van der Waals surface area contributed by atoms with Crippen molar-refractivity contribution < 1.29 is 4.74 Å². The zero-order valence-corrected chi connectivity index (χ0v) is 12.1. The van der Waals surface area contributed by atoms with Crippen LogP contribution in [0.3, 0.4) is 0 Å². The normalized spacial score (nSPS) is 21.4. The molecule has 0 aliphatic carbocycles. The second-order valence-corrected chi connectivity index (χ2v) is 5.72. The van der Waals surface area contributed by atoms with Crippen molar-refractivity contribution in [3.63, 3.8) is 0 Å². The summed E-state index contributed by atoms with van der Waals surface area (Å²) in [6.45, 7) is 5.21. The van der Waals surface area contributed by atoms with Gasteiger partial charge in [-0.2, -0.15) is 0 Å². The van der Waals surface area contributed by atoms with Gasteiger partial charge in [-0.1, -0.05) is 18.6 Å². The van der Waals surface area contributed by atoms with Gasteiger partial charge < -0.3 is 15.8 Å². The zero-order chi connectivity index (χ0) is 13.7. The maximum absolute atomic E-state index is 6.30. The molecule has 3 N–H and O–H groups in total. The number of piperidine rings is 1. The third kappa shape index (κ3) is 4.51. The van der Waals surface area contributed by atoms with Crippen molar-refractivity contribution >= 4 is 0 Å². The average molecular weight is 262 g/mol. The molecule has 0 spiro atoms. The Morgan fingerprint density at radius 3 is 2.58 bits per heavy atom. The van der Waals surface area contributed by atoms with E-state index in [1.807, 2.05) is 26.0 Å². The minimum absolute atomic E-state index is 0.115. The molecule has 1 fully saturated rings. The fourth-order valence-corrected chi connectivity index (χ4v) is 2.63. The van der Waals surface area contributed by atoms with Crippen molar-refractivity contribution in [1.29, 1.82) is 0 Å². The smallest absolute Gasteiger partial charge is 0.119 e. The van der Waals surface area contributed by atoms with E-state index in [-0.39, 0.29) is 12.1 Å². The Balaban J connectivity index is 1.89. The lowest BCUT2D eigenvalue weighted by atomic mass is 9.95. The van der Waals surface area contributed by atoms with Gasteiger partial charge in [0.25, 0.3) is 0 Å². The second kappa shape index (κ2) is 6.92. The minimum atomic E-state index is 0.115. The molecule has 2 rings (SSSR count). The van der Waals surface area contributed by atoms with Gasteiger partial charge in [0.05, 0.1) is 6.10 Å². The summed E-state index contributed by atoms with van der Waals surface area (Å²) < 4.78 is 5.65. The van der Waals surface area contributed by atoms with Crippen LogP contribution < -0.4 is 15.8 Å². The highest BCUT2D eigenvalue weighted by Gasteiger charge is 2.17. The van der Waals surface area contributed by atoms with Crippen LogP contribution in [0.25, 0.3) is 0 Å². The van der Waals surface area contributed by atoms with Crippen molar-refractivity contribution in [3.05, 3.63) is 29.8 Å². The topological polar surface area (TPSA) is 47.3 Å². The Labute approximate surface area is 116 Å². The minimum Gasteiger partial charge on any atom is -0.491 e. The molecule has 1 aromatic carbocycles. The third-order valence-corrected chi connectivity index (χ3v) is 3.63. The van der Waals surface area contributed by atoms with E-state index in [9.17, 15) is 0 Å². The largest absolute Gasteiger partial charge is 0.491 e. The lowest BCUT2D eigenvalue weighted by molar-refractivity contribution is 0.242. The first kappa shape index (κ1) is 14.4. The molecule has 3 nitrogen and oxygen atoms in total. The van der Waals surface area contributed by atoms with E-state index in [0.29, 0.717) is 6.04 Å². The van der Waals surface area contributed by atoms with E-state index < -0.39 is 0 Å². The van der Waals surface area contributed by atoms with Gasteiger partial charge in [-0.15, -0.1) is 0 Å². The van der Waals surface area contributed by atoms with Crippen molar-refractivity contribution in [2.45, 2.75) is 57.7 Å². The molecule has 1 aliphatic rings. The molecule has 0 amide bonds. The first-order chi connectivity index (χ1) is 9.15. The standard InChI is InChI=1S/C16H26N2O/c1-12(2)19-15-8-6-13(7-9-15)16(17)11-14-5-3-4-10-18-14/h6-9,12,14,16,18H,3-5,10-11,17H2,1-2H3. The van der Waals surface area contributed by atoms with Crippen LogP contribution >= 0.6 is 0 Å². The van der Waals surface area contributed by atoms with Crippen LogP contribution in [0.15, 0.2) is 24.3 Å². The molecule has 0 radical (unpaired) electrons. The van der Waals surface area contributed by atoms with Gasteiger partial charge in [0, 0.05) is 12.1 Å². The van der Waals surface area contributed by atoms with Gasteiger partial charge in [0.2, 0.25) is 0 Å². The summed E-state index contributed by atoms with van der Waals surface area (Å²) in [6, 6.07) is 8.91. The molecule has 19 heavy (non-hydrogen) atoms. The maximum atomic E-state index is 6.30. The average Bonchev–Trinajstić information content (AvgIpc) is 2.40. The number of benzene rings is 1. The molecule has 1 saturated heterocycles. The molecule has 2 unspecified atom stereocenters. The highest BCUT2D eigenvalue weighted by molar-refractivity contribution is 5.29. The predicted octanol–water partition coefficient (Wildman–Crippen LogP) is 3.01. The van der Waals surface area contributed by atoms with Crippen LogP contribution in [0.5, 0.6) is 5.75 Å². The van der Waals surface area contributed by atoms with Crippen molar-refractivity contribution in [3.8, 4) is 5.75 Å². The SMILES string of the molecule is CC(C)Oc1ccc(C(N)CC2CCCCN2)cc1. The fraction of sp³-hybridized carbons (Fsp3) is 0.625. The van der Waals surface area contributed by atoms with Gasteiger partial charge in [-0.05, 0) is 57.4 Å². The molecule has 1 heterocycles. The van der Waals surface area contributed by atoms with E-state index >= 15 is 0 Å². The quantitative estimate of drug-likeness (QED) is 0.857. The lowest BCUT2D eigenvalue weighted by Crippen LogP contribution is -2.36. The summed E-state index contributed by atoms with van der Waals surface area (Å²) in [7, 11) is 0. The number of hydrogen-bond donors (Lipinski definition) is 2. The first-order valence-corrected chi connectivity index (χ1v) is 7.40. The number of rotatable bonds is 5. The van der Waals surface area contributed by atoms with Gasteiger partial charge in [-0.25, -0.2) is 0 Å². The molecule has 1 aliphatic heterocycles. The van der Waals surface area contributed by atoms with E-state index in [0.717, 1.165) is 18.7 Å². The number of hydrogen-bond acceptors (Lipinski definition) is 3. The summed E-state index contributed by atoms with van der Waals surface area (Å²) in [4.78, 5) is 0. The predicted molar refractivity (Wildman–Crippen MR) is 79.4 cm³/mol. The van der Waals surface area contributed by atoms with Crippen molar-refractivity contribution in [1.82, 2.24) is 5.32 Å². The third-order valence-electron chi connectivity index (χ3n) is 3.63. The van der Waals surface area contributed by atoms with Crippen LogP contribution in [0, 0.1) is 0 Å². The van der Waals surface area contributed by atoms with Crippen LogP contribution in [0.2, 0.25) is 0 Å². The zero-order valence-electron chi connectivity index (χ0n) is 12.1. The second-order valence-electron chi connectivity index (χ2n) is 5.72. The van der Waals surface area contributed by atoms with Gasteiger partial charge in [0.1, 0.15) is 5.75 Å².